The molecule has 6 heteroatoms. The second-order valence-corrected chi connectivity index (χ2v) is 7.11. The van der Waals surface area contributed by atoms with Gasteiger partial charge >= 0.3 is 5.97 Å². The molecule has 6 nitrogen and oxygen atoms in total. The lowest BCUT2D eigenvalue weighted by atomic mass is 9.97. The minimum Gasteiger partial charge on any atom is -0.456 e. The zero-order chi connectivity index (χ0) is 20.7. The van der Waals surface area contributed by atoms with E-state index in [2.05, 4.69) is 0 Å². The van der Waals surface area contributed by atoms with Crippen molar-refractivity contribution >= 4 is 17.8 Å². The van der Waals surface area contributed by atoms with Crippen molar-refractivity contribution in [2.45, 2.75) is 12.5 Å². The number of carbonyl (C=O) groups excluding carboxylic acids is 3. The van der Waals surface area contributed by atoms with E-state index >= 15 is 0 Å². The average molecular weight is 399 g/mol. The van der Waals surface area contributed by atoms with Gasteiger partial charge in [0.05, 0.1) is 17.5 Å². The molecule has 2 aliphatic heterocycles. The molecule has 0 atom stereocenters. The molecule has 3 aromatic rings. The highest BCUT2D eigenvalue weighted by Gasteiger charge is 2.36. The van der Waals surface area contributed by atoms with Gasteiger partial charge in [-0.2, -0.15) is 0 Å². The Morgan fingerprint density at radius 1 is 0.800 bits per heavy atom. The van der Waals surface area contributed by atoms with Gasteiger partial charge in [-0.15, -0.1) is 0 Å². The lowest BCUT2D eigenvalue weighted by Gasteiger charge is -2.28. The maximum atomic E-state index is 12.7. The Kier molecular flexibility index (Phi) is 4.32. The molecular weight excluding hydrogens is 382 g/mol. The molecule has 2 heterocycles. The molecule has 148 valence electrons. The predicted octanol–water partition coefficient (Wildman–Crippen LogP) is 4.11. The SMILES string of the molecule is O=C(CCN1C(=O)c2ccccc2C1=O)OC1c2ccccc2Oc2ccccc21. The molecule has 2 aliphatic rings. The van der Waals surface area contributed by atoms with E-state index in [1.54, 1.807) is 24.3 Å². The quantitative estimate of drug-likeness (QED) is 0.488. The number of amides is 2. The van der Waals surface area contributed by atoms with Crippen molar-refractivity contribution in [1.29, 1.82) is 0 Å². The summed E-state index contributed by atoms with van der Waals surface area (Å²) in [4.78, 5) is 38.7. The van der Waals surface area contributed by atoms with Crippen LogP contribution in [0.3, 0.4) is 0 Å². The van der Waals surface area contributed by atoms with Crippen LogP contribution in [0.2, 0.25) is 0 Å². The van der Waals surface area contributed by atoms with Crippen LogP contribution >= 0.6 is 0 Å². The highest BCUT2D eigenvalue weighted by molar-refractivity contribution is 6.21. The fourth-order valence-corrected chi connectivity index (χ4v) is 3.83. The zero-order valence-corrected chi connectivity index (χ0v) is 15.9. The van der Waals surface area contributed by atoms with Crippen LogP contribution in [0.5, 0.6) is 11.5 Å². The molecule has 0 spiro atoms. The molecule has 0 unspecified atom stereocenters. The Labute approximate surface area is 172 Å². The standard InChI is InChI=1S/C24H17NO5/c26-21(13-14-25-23(27)15-7-1-2-8-16(15)24(25)28)30-22-17-9-3-5-11-19(17)29-20-12-6-4-10-18(20)22/h1-12,22H,13-14H2. The van der Waals surface area contributed by atoms with Gasteiger partial charge in [0.25, 0.3) is 11.8 Å². The molecule has 0 aromatic heterocycles. The Morgan fingerprint density at radius 3 is 1.87 bits per heavy atom. The minimum absolute atomic E-state index is 0.0301. The Morgan fingerprint density at radius 2 is 1.30 bits per heavy atom. The monoisotopic (exact) mass is 399 g/mol. The van der Waals surface area contributed by atoms with Crippen molar-refractivity contribution in [3.63, 3.8) is 0 Å². The smallest absolute Gasteiger partial charge is 0.308 e. The minimum atomic E-state index is -0.610. The van der Waals surface area contributed by atoms with Gasteiger partial charge in [0, 0.05) is 17.7 Å². The van der Waals surface area contributed by atoms with Gasteiger partial charge in [-0.05, 0) is 24.3 Å². The first-order chi connectivity index (χ1) is 14.6. The normalized spacial score (nSPS) is 14.6. The molecule has 5 rings (SSSR count). The summed E-state index contributed by atoms with van der Waals surface area (Å²) in [6.45, 7) is -0.0301. The van der Waals surface area contributed by atoms with Gasteiger partial charge < -0.3 is 9.47 Å². The number of carbonyl (C=O) groups is 3. The first kappa shape index (κ1) is 18.1. The number of hydrogen-bond donors (Lipinski definition) is 0. The topological polar surface area (TPSA) is 72.9 Å². The Balaban J connectivity index is 1.32. The van der Waals surface area contributed by atoms with Crippen LogP contribution in [0.25, 0.3) is 0 Å². The number of para-hydroxylation sites is 2. The Bertz CT molecular complexity index is 1100. The van der Waals surface area contributed by atoms with Crippen LogP contribution in [-0.2, 0) is 9.53 Å². The van der Waals surface area contributed by atoms with E-state index in [0.29, 0.717) is 22.6 Å². The van der Waals surface area contributed by atoms with E-state index in [1.807, 2.05) is 48.5 Å². The van der Waals surface area contributed by atoms with E-state index in [-0.39, 0.29) is 24.8 Å². The summed E-state index contributed by atoms with van der Waals surface area (Å²) in [5.41, 5.74) is 2.24. The van der Waals surface area contributed by atoms with Crippen molar-refractivity contribution < 1.29 is 23.9 Å². The second kappa shape index (κ2) is 7.15. The van der Waals surface area contributed by atoms with Gasteiger partial charge in [0.15, 0.2) is 6.10 Å². The predicted molar refractivity (Wildman–Crippen MR) is 107 cm³/mol. The van der Waals surface area contributed by atoms with Crippen molar-refractivity contribution in [2.24, 2.45) is 0 Å². The molecular formula is C24H17NO5. The summed E-state index contributed by atoms with van der Waals surface area (Å²) < 4.78 is 11.7. The van der Waals surface area contributed by atoms with Crippen molar-refractivity contribution in [2.75, 3.05) is 6.54 Å². The first-order valence-corrected chi connectivity index (χ1v) is 9.64. The van der Waals surface area contributed by atoms with E-state index in [0.717, 1.165) is 16.0 Å². The third kappa shape index (κ3) is 2.93. The number of hydrogen-bond acceptors (Lipinski definition) is 5. The van der Waals surface area contributed by atoms with Crippen LogP contribution in [-0.4, -0.2) is 29.2 Å². The van der Waals surface area contributed by atoms with Crippen molar-refractivity contribution in [3.05, 3.63) is 95.1 Å². The van der Waals surface area contributed by atoms with Crippen LogP contribution < -0.4 is 4.74 Å². The second-order valence-electron chi connectivity index (χ2n) is 7.11. The third-order valence-corrected chi connectivity index (χ3v) is 5.29. The maximum Gasteiger partial charge on any atom is 0.308 e. The number of nitrogens with zero attached hydrogens (tertiary/aromatic N) is 1. The summed E-state index contributed by atoms with van der Waals surface area (Å²) in [7, 11) is 0. The number of benzene rings is 3. The first-order valence-electron chi connectivity index (χ1n) is 9.64. The number of fused-ring (bicyclic) bond motifs is 3. The van der Waals surface area contributed by atoms with Gasteiger partial charge in [0.2, 0.25) is 0 Å². The number of ether oxygens (including phenoxy) is 2. The van der Waals surface area contributed by atoms with E-state index in [9.17, 15) is 14.4 Å². The molecule has 0 saturated carbocycles. The summed E-state index contributed by atoms with van der Waals surface area (Å²) >= 11 is 0. The molecule has 0 bridgehead atoms. The van der Waals surface area contributed by atoms with Crippen LogP contribution in [0, 0.1) is 0 Å². The molecule has 0 N–H and O–H groups in total. The largest absolute Gasteiger partial charge is 0.456 e. The van der Waals surface area contributed by atoms with Crippen LogP contribution in [0.15, 0.2) is 72.8 Å². The number of esters is 1. The molecule has 0 aliphatic carbocycles. The van der Waals surface area contributed by atoms with E-state index in [1.165, 1.54) is 0 Å². The highest BCUT2D eigenvalue weighted by Crippen LogP contribution is 2.44. The average Bonchev–Trinajstić information content (AvgIpc) is 3.02. The summed E-state index contributed by atoms with van der Waals surface area (Å²) in [5.74, 6) is 0.00192. The lowest BCUT2D eigenvalue weighted by Crippen LogP contribution is -2.32. The van der Waals surface area contributed by atoms with Gasteiger partial charge in [0.1, 0.15) is 11.5 Å². The third-order valence-electron chi connectivity index (χ3n) is 5.29. The van der Waals surface area contributed by atoms with Crippen molar-refractivity contribution in [3.8, 4) is 11.5 Å². The van der Waals surface area contributed by atoms with Crippen LogP contribution in [0.4, 0.5) is 0 Å². The molecule has 2 amide bonds. The fraction of sp³-hybridized carbons (Fsp3) is 0.125. The molecule has 0 radical (unpaired) electrons. The van der Waals surface area contributed by atoms with Gasteiger partial charge in [-0.3, -0.25) is 19.3 Å². The molecule has 30 heavy (non-hydrogen) atoms. The highest BCUT2D eigenvalue weighted by atomic mass is 16.5. The molecule has 0 saturated heterocycles. The van der Waals surface area contributed by atoms with E-state index < -0.39 is 12.1 Å². The number of imide groups is 1. The number of rotatable bonds is 4. The Hall–Kier alpha value is -3.93. The molecule has 0 fully saturated rings. The van der Waals surface area contributed by atoms with Crippen LogP contribution in [0.1, 0.15) is 44.4 Å². The summed E-state index contributed by atoms with van der Waals surface area (Å²) in [5, 5.41) is 0. The zero-order valence-electron chi connectivity index (χ0n) is 15.9. The maximum absolute atomic E-state index is 12.7. The fourth-order valence-electron chi connectivity index (χ4n) is 3.83. The van der Waals surface area contributed by atoms with Gasteiger partial charge in [-0.25, -0.2) is 0 Å². The van der Waals surface area contributed by atoms with Gasteiger partial charge in [-0.1, -0.05) is 48.5 Å². The summed E-state index contributed by atoms with van der Waals surface area (Å²) in [6.07, 6.45) is -0.700. The lowest BCUT2D eigenvalue weighted by molar-refractivity contribution is -0.147. The summed E-state index contributed by atoms with van der Waals surface area (Å²) in [6, 6.07) is 21.4. The van der Waals surface area contributed by atoms with Crippen molar-refractivity contribution in [1.82, 2.24) is 4.90 Å². The molecule has 3 aromatic carbocycles. The van der Waals surface area contributed by atoms with E-state index in [4.69, 9.17) is 9.47 Å².